The largest absolute Gasteiger partial charge is 0.573 e. The molecule has 1 N–H and O–H groups in total. The lowest BCUT2D eigenvalue weighted by Gasteiger charge is -2.14. The van der Waals surface area contributed by atoms with Crippen molar-refractivity contribution in [3.05, 3.63) is 84.3 Å². The quantitative estimate of drug-likeness (QED) is 0.571. The number of hydrogen-bond donors (Lipinski definition) is 1. The lowest BCUT2D eigenvalue weighted by Crippen LogP contribution is -2.17. The zero-order chi connectivity index (χ0) is 18.3. The summed E-state index contributed by atoms with van der Waals surface area (Å²) in [5, 5.41) is 2.88. The second kappa shape index (κ2) is 8.28. The molecule has 2 rings (SSSR count). The van der Waals surface area contributed by atoms with Crippen molar-refractivity contribution < 1.29 is 22.6 Å². The average molecular weight is 349 g/mol. The van der Waals surface area contributed by atoms with Gasteiger partial charge in [-0.25, -0.2) is 0 Å². The summed E-state index contributed by atoms with van der Waals surface area (Å²) in [7, 11) is 1.71. The van der Waals surface area contributed by atoms with Crippen LogP contribution in [0.5, 0.6) is 5.75 Å². The smallest absolute Gasteiger partial charge is 0.489 e. The summed E-state index contributed by atoms with van der Waals surface area (Å²) in [5.41, 5.74) is 2.28. The van der Waals surface area contributed by atoms with Gasteiger partial charge in [0.25, 0.3) is 0 Å². The Bertz CT molecular complexity index is 723. The Hall–Kier alpha value is -2.89. The van der Waals surface area contributed by atoms with Gasteiger partial charge in [-0.15, -0.1) is 13.2 Å². The summed E-state index contributed by atoms with van der Waals surface area (Å²) >= 11 is 0. The predicted molar refractivity (Wildman–Crippen MR) is 90.5 cm³/mol. The van der Waals surface area contributed by atoms with E-state index in [1.807, 2.05) is 30.3 Å². The number of nitrogens with one attached hydrogen (secondary N) is 1. The average Bonchev–Trinajstić information content (AvgIpc) is 2.58. The van der Waals surface area contributed by atoms with Gasteiger partial charge < -0.3 is 14.8 Å². The molecule has 2 aromatic rings. The molecule has 0 spiro atoms. The van der Waals surface area contributed by atoms with Crippen molar-refractivity contribution in [3.8, 4) is 5.75 Å². The van der Waals surface area contributed by atoms with Crippen LogP contribution in [0.15, 0.2) is 73.1 Å². The van der Waals surface area contributed by atoms with E-state index in [9.17, 15) is 13.2 Å². The van der Waals surface area contributed by atoms with Crippen molar-refractivity contribution >= 4 is 5.57 Å². The summed E-state index contributed by atoms with van der Waals surface area (Å²) in [4.78, 5) is 0. The minimum Gasteiger partial charge on any atom is -0.489 e. The normalized spacial score (nSPS) is 11.8. The fraction of sp³-hybridized carbons (Fsp3) is 0.158. The lowest BCUT2D eigenvalue weighted by molar-refractivity contribution is -0.274. The number of ether oxygens (including phenoxy) is 2. The van der Waals surface area contributed by atoms with Gasteiger partial charge in [0, 0.05) is 18.8 Å². The van der Waals surface area contributed by atoms with Crippen molar-refractivity contribution in [1.29, 1.82) is 0 Å². The van der Waals surface area contributed by atoms with E-state index in [1.54, 1.807) is 13.2 Å². The van der Waals surface area contributed by atoms with Crippen LogP contribution in [0.1, 0.15) is 11.1 Å². The minimum atomic E-state index is -4.71. The molecule has 0 unspecified atom stereocenters. The van der Waals surface area contributed by atoms with Crippen LogP contribution in [-0.4, -0.2) is 13.4 Å². The monoisotopic (exact) mass is 349 g/mol. The first-order valence-corrected chi connectivity index (χ1v) is 7.48. The summed E-state index contributed by atoms with van der Waals surface area (Å²) in [6, 6.07) is 15.1. The molecule has 6 heteroatoms. The molecule has 0 saturated carbocycles. The molecule has 0 atom stereocenters. The Morgan fingerprint density at radius 3 is 2.28 bits per heavy atom. The van der Waals surface area contributed by atoms with Gasteiger partial charge in [-0.05, 0) is 23.3 Å². The highest BCUT2D eigenvalue weighted by atomic mass is 19.4. The van der Waals surface area contributed by atoms with E-state index in [-0.39, 0.29) is 5.75 Å². The Labute approximate surface area is 144 Å². The summed E-state index contributed by atoms with van der Waals surface area (Å²) in [6.45, 7) is 4.25. The molecule has 0 fully saturated rings. The van der Waals surface area contributed by atoms with Crippen LogP contribution in [-0.2, 0) is 11.3 Å². The van der Waals surface area contributed by atoms with E-state index in [0.29, 0.717) is 23.5 Å². The number of halogens is 3. The van der Waals surface area contributed by atoms with Crippen molar-refractivity contribution in [1.82, 2.24) is 5.32 Å². The van der Waals surface area contributed by atoms with Gasteiger partial charge >= 0.3 is 6.36 Å². The van der Waals surface area contributed by atoms with E-state index < -0.39 is 6.36 Å². The van der Waals surface area contributed by atoms with E-state index in [0.717, 1.165) is 5.56 Å². The van der Waals surface area contributed by atoms with Crippen molar-refractivity contribution in [3.63, 3.8) is 0 Å². The topological polar surface area (TPSA) is 30.5 Å². The molecule has 0 aliphatic heterocycles. The highest BCUT2D eigenvalue weighted by Gasteiger charge is 2.31. The van der Waals surface area contributed by atoms with Gasteiger partial charge in [0.05, 0.1) is 0 Å². The number of rotatable bonds is 7. The first-order valence-electron chi connectivity index (χ1n) is 7.48. The van der Waals surface area contributed by atoms with Crippen LogP contribution in [0.25, 0.3) is 5.57 Å². The predicted octanol–water partition coefficient (Wildman–Crippen LogP) is 4.88. The molecule has 0 bridgehead atoms. The first kappa shape index (κ1) is 18.4. The molecule has 0 radical (unpaired) electrons. The van der Waals surface area contributed by atoms with Crippen LogP contribution >= 0.6 is 0 Å². The van der Waals surface area contributed by atoms with Gasteiger partial charge in [0.15, 0.2) is 0 Å². The third kappa shape index (κ3) is 5.91. The van der Waals surface area contributed by atoms with Gasteiger partial charge in [-0.1, -0.05) is 49.0 Å². The molecule has 0 aliphatic rings. The molecule has 2 aromatic carbocycles. The maximum absolute atomic E-state index is 12.2. The fourth-order valence-electron chi connectivity index (χ4n) is 2.13. The van der Waals surface area contributed by atoms with Gasteiger partial charge in [0.2, 0.25) is 0 Å². The highest BCUT2D eigenvalue weighted by Crippen LogP contribution is 2.27. The first-order chi connectivity index (χ1) is 11.9. The highest BCUT2D eigenvalue weighted by molar-refractivity contribution is 5.76. The lowest BCUT2D eigenvalue weighted by atomic mass is 10.1. The Morgan fingerprint density at radius 1 is 1.08 bits per heavy atom. The molecule has 25 heavy (non-hydrogen) atoms. The maximum Gasteiger partial charge on any atom is 0.573 e. The van der Waals surface area contributed by atoms with Gasteiger partial charge in [-0.2, -0.15) is 0 Å². The third-order valence-corrected chi connectivity index (χ3v) is 3.24. The third-order valence-electron chi connectivity index (χ3n) is 3.24. The van der Waals surface area contributed by atoms with Gasteiger partial charge in [0.1, 0.15) is 18.1 Å². The van der Waals surface area contributed by atoms with Crippen LogP contribution in [0.2, 0.25) is 0 Å². The zero-order valence-electron chi connectivity index (χ0n) is 13.6. The van der Waals surface area contributed by atoms with Crippen LogP contribution in [0.3, 0.4) is 0 Å². The summed E-state index contributed by atoms with van der Waals surface area (Å²) < 4.78 is 46.3. The number of benzene rings is 2. The fourth-order valence-corrected chi connectivity index (χ4v) is 2.13. The number of allylic oxidation sites excluding steroid dienone is 1. The second-order valence-electron chi connectivity index (χ2n) is 5.12. The van der Waals surface area contributed by atoms with Crippen LogP contribution < -0.4 is 10.1 Å². The van der Waals surface area contributed by atoms with E-state index in [4.69, 9.17) is 4.74 Å². The van der Waals surface area contributed by atoms with E-state index in [1.165, 1.54) is 24.3 Å². The molecule has 0 heterocycles. The zero-order valence-corrected chi connectivity index (χ0v) is 13.6. The molecular formula is C19H18F3NO2. The molecule has 3 nitrogen and oxygen atoms in total. The molecule has 132 valence electrons. The number of hydrogen-bond acceptors (Lipinski definition) is 3. The maximum atomic E-state index is 12.2. The Kier molecular flexibility index (Phi) is 6.11. The number of alkyl halides is 3. The SMILES string of the molecule is C=C(OCc1ccccc1)/C(=C\NC)c1ccc(OC(F)(F)F)cc1. The Balaban J connectivity index is 2.09. The molecule has 0 saturated heterocycles. The van der Waals surface area contributed by atoms with E-state index in [2.05, 4.69) is 16.6 Å². The molecule has 0 aromatic heterocycles. The van der Waals surface area contributed by atoms with Gasteiger partial charge in [-0.3, -0.25) is 0 Å². The standard InChI is InChI=1S/C19H18F3NO2/c1-14(24-13-15-6-4-3-5-7-15)18(12-23-2)16-8-10-17(11-9-16)25-19(20,21)22/h3-12,23H,1,13H2,2H3/b18-12+. The van der Waals surface area contributed by atoms with Crippen LogP contribution in [0.4, 0.5) is 13.2 Å². The van der Waals surface area contributed by atoms with Crippen LogP contribution in [0, 0.1) is 0 Å². The van der Waals surface area contributed by atoms with E-state index >= 15 is 0 Å². The van der Waals surface area contributed by atoms with Crippen molar-refractivity contribution in [2.75, 3.05) is 7.05 Å². The summed E-state index contributed by atoms with van der Waals surface area (Å²) in [6.07, 6.45) is -3.04. The second-order valence-corrected chi connectivity index (χ2v) is 5.12. The minimum absolute atomic E-state index is 0.282. The summed E-state index contributed by atoms with van der Waals surface area (Å²) in [5.74, 6) is 0.124. The molecular weight excluding hydrogens is 331 g/mol. The van der Waals surface area contributed by atoms with Crippen molar-refractivity contribution in [2.45, 2.75) is 13.0 Å². The Morgan fingerprint density at radius 2 is 1.72 bits per heavy atom. The molecule has 0 amide bonds. The molecule has 0 aliphatic carbocycles. The van der Waals surface area contributed by atoms with Crippen molar-refractivity contribution in [2.24, 2.45) is 0 Å².